The van der Waals surface area contributed by atoms with E-state index in [1.54, 1.807) is 0 Å². The van der Waals surface area contributed by atoms with Gasteiger partial charge in [0.15, 0.2) is 6.33 Å². The number of alkyl halides is 3. The van der Waals surface area contributed by atoms with Gasteiger partial charge >= 0.3 is 17.8 Å². The van der Waals surface area contributed by atoms with Gasteiger partial charge in [-0.15, -0.1) is 0 Å². The Morgan fingerprint density at radius 2 is 1.88 bits per heavy atom. The smallest absolute Gasteiger partial charge is 0.490 e. The first-order valence-electron chi connectivity index (χ1n) is 11.2. The van der Waals surface area contributed by atoms with Crippen LogP contribution in [0.4, 0.5) is 23.5 Å². The van der Waals surface area contributed by atoms with Gasteiger partial charge in [0.25, 0.3) is 19.3 Å². The van der Waals surface area contributed by atoms with Gasteiger partial charge in [-0.25, -0.2) is 13.8 Å². The van der Waals surface area contributed by atoms with Crippen molar-refractivity contribution in [2.75, 3.05) is 18.9 Å². The molecule has 0 spiro atoms. The van der Waals surface area contributed by atoms with Crippen LogP contribution in [0.3, 0.4) is 0 Å². The van der Waals surface area contributed by atoms with Gasteiger partial charge in [0.2, 0.25) is 11.7 Å². The number of rotatable bonds is 8. The number of anilines is 1. The molecule has 41 heavy (non-hydrogen) atoms. The van der Waals surface area contributed by atoms with Crippen LogP contribution in [0.5, 0.6) is 5.75 Å². The van der Waals surface area contributed by atoms with E-state index in [4.69, 9.17) is 30.0 Å². The Bertz CT molecular complexity index is 1480. The predicted octanol–water partition coefficient (Wildman–Crippen LogP) is -1.46. The number of phosphoric acid groups is 1. The highest BCUT2D eigenvalue weighted by molar-refractivity contribution is 7.44. The minimum atomic E-state index is -5.09. The minimum absolute atomic E-state index is 0.0116. The van der Waals surface area contributed by atoms with Crippen LogP contribution >= 0.6 is 7.82 Å². The second-order valence-corrected chi connectivity index (χ2v) is 9.45. The average molecular weight is 615 g/mol. The number of H-pyrrole nitrogens is 1. The van der Waals surface area contributed by atoms with E-state index < -0.39 is 62.5 Å². The van der Waals surface area contributed by atoms with E-state index in [0.717, 1.165) is 0 Å². The number of aliphatic hydroxyl groups excluding tert-OH is 2. The number of aliphatic hydroxyl groups is 2. The zero-order valence-corrected chi connectivity index (χ0v) is 21.2. The Morgan fingerprint density at radius 1 is 1.27 bits per heavy atom. The third-order valence-electron chi connectivity index (χ3n) is 5.36. The van der Waals surface area contributed by atoms with E-state index in [9.17, 15) is 42.0 Å². The number of hydrogen-bond donors (Lipinski definition) is 6. The number of carboxylic acids is 1. The number of imidazole rings is 1. The van der Waals surface area contributed by atoms with Crippen molar-refractivity contribution < 1.29 is 70.6 Å². The molecule has 5 atom stereocenters. The largest absolute Gasteiger partial charge is 0.756 e. The van der Waals surface area contributed by atoms with Crippen molar-refractivity contribution in [1.29, 1.82) is 0 Å². The number of carbonyl (C=O) groups is 1. The number of ether oxygens (including phenoxy) is 2. The summed E-state index contributed by atoms with van der Waals surface area (Å²) >= 11 is 0. The molecule has 0 aliphatic carbocycles. The van der Waals surface area contributed by atoms with E-state index >= 15 is 0 Å². The Hall–Kier alpha value is -3.65. The summed E-state index contributed by atoms with van der Waals surface area (Å²) < 4.78 is 73.7. The summed E-state index contributed by atoms with van der Waals surface area (Å²) in [5.74, 6) is -2.99. The number of halogens is 4. The predicted molar refractivity (Wildman–Crippen MR) is 122 cm³/mol. The number of aromatic amines is 1. The second-order valence-electron chi connectivity index (χ2n) is 8.26. The maximum absolute atomic E-state index is 13.1. The molecule has 0 radical (unpaired) electrons. The number of aliphatic carboxylic acids is 1. The summed E-state index contributed by atoms with van der Waals surface area (Å²) in [6, 6.07) is 5.35. The van der Waals surface area contributed by atoms with Crippen LogP contribution in [0.1, 0.15) is 6.23 Å². The summed E-state index contributed by atoms with van der Waals surface area (Å²) in [7, 11) is -5.09. The SMILES string of the molecule is Nc1nc2c(c(=O)[nH]1)n(CCOc1ccc(F)cc1)c[n+]2[C@@H]1O[C@H](COP(=O)([O-])O)[C@@H](O)[C@H]1O.O=C(O)C(F)(F)F. The summed E-state index contributed by atoms with van der Waals surface area (Å²) in [6.45, 7) is -0.564. The molecule has 2 aromatic heterocycles. The molecular weight excluding hydrogens is 593 g/mol. The number of fused-ring (bicyclic) bond motifs is 1. The first kappa shape index (κ1) is 31.9. The molecule has 21 heteroatoms. The Morgan fingerprint density at radius 3 is 2.44 bits per heavy atom. The number of carboxylic acid groups (broad SMARTS) is 1. The van der Waals surface area contributed by atoms with Gasteiger partial charge < -0.3 is 44.8 Å². The zero-order chi connectivity index (χ0) is 30.7. The molecule has 1 saturated heterocycles. The molecule has 3 aromatic rings. The van der Waals surface area contributed by atoms with Crippen molar-refractivity contribution in [2.45, 2.75) is 37.3 Å². The molecular formula is C20H22F4N5O11P. The lowest BCUT2D eigenvalue weighted by molar-refractivity contribution is -0.746. The van der Waals surface area contributed by atoms with Crippen molar-refractivity contribution in [3.05, 3.63) is 46.8 Å². The number of hydrogen-bond acceptors (Lipinski definition) is 11. The van der Waals surface area contributed by atoms with Gasteiger partial charge in [-0.2, -0.15) is 13.2 Å². The standard InChI is InChI=1S/C18H21FN5O9P.C2HF3O2/c19-9-1-3-10(4-2-9)31-6-5-23-8-24(15-12(23)16(27)22-18(20)21-15)17-14(26)13(25)11(33-17)7-32-34(28,29)30;3-2(4,5)1(6)7/h1-4,8,11,13-14,17,25-26H,5-7H2,(H4-,20,21,22,27,28,29,30);(H,6,7)/t11-,13-,14-,17-;/m1./s1. The van der Waals surface area contributed by atoms with Crippen molar-refractivity contribution in [3.63, 3.8) is 0 Å². The third kappa shape index (κ3) is 8.19. The van der Waals surface area contributed by atoms with Crippen LogP contribution in [0, 0.1) is 5.82 Å². The van der Waals surface area contributed by atoms with E-state index in [1.807, 2.05) is 0 Å². The van der Waals surface area contributed by atoms with Crippen molar-refractivity contribution in [2.24, 2.45) is 0 Å². The lowest BCUT2D eigenvalue weighted by atomic mass is 10.1. The van der Waals surface area contributed by atoms with Gasteiger partial charge in [-0.1, -0.05) is 4.98 Å². The molecule has 1 unspecified atom stereocenters. The van der Waals surface area contributed by atoms with Crippen LogP contribution in [0.15, 0.2) is 35.4 Å². The van der Waals surface area contributed by atoms with E-state index in [-0.39, 0.29) is 30.3 Å². The number of nitrogens with zero attached hydrogens (tertiary/aromatic N) is 3. The fraction of sp³-hybridized carbons (Fsp3) is 0.400. The fourth-order valence-electron chi connectivity index (χ4n) is 3.59. The van der Waals surface area contributed by atoms with Crippen LogP contribution in [0.25, 0.3) is 11.2 Å². The van der Waals surface area contributed by atoms with Gasteiger partial charge in [0.05, 0.1) is 6.61 Å². The van der Waals surface area contributed by atoms with Crippen molar-refractivity contribution >= 4 is 30.9 Å². The van der Waals surface area contributed by atoms with Gasteiger partial charge in [-0.05, 0) is 24.3 Å². The fourth-order valence-corrected chi connectivity index (χ4v) is 3.92. The summed E-state index contributed by atoms with van der Waals surface area (Å²) in [4.78, 5) is 47.6. The zero-order valence-electron chi connectivity index (χ0n) is 20.3. The highest BCUT2D eigenvalue weighted by Crippen LogP contribution is 2.34. The topological polar surface area (TPSA) is 246 Å². The Kier molecular flexibility index (Phi) is 9.70. The monoisotopic (exact) mass is 615 g/mol. The number of nitrogens with two attached hydrogens (primary N) is 1. The molecule has 1 aromatic carbocycles. The van der Waals surface area contributed by atoms with Gasteiger partial charge in [-0.3, -0.25) is 18.9 Å². The van der Waals surface area contributed by atoms with Crippen LogP contribution in [0.2, 0.25) is 0 Å². The number of nitrogens with one attached hydrogen (secondary N) is 1. The maximum atomic E-state index is 13.1. The van der Waals surface area contributed by atoms with Crippen LogP contribution < -0.4 is 25.5 Å². The summed E-state index contributed by atoms with van der Waals surface area (Å²) in [5.41, 5.74) is 5.14. The molecule has 1 aliphatic heterocycles. The van der Waals surface area contributed by atoms with E-state index in [0.29, 0.717) is 5.75 Å². The quantitative estimate of drug-likeness (QED) is 0.0965. The first-order valence-corrected chi connectivity index (χ1v) is 12.7. The number of benzene rings is 1. The Balaban J connectivity index is 0.000000587. The number of phosphoric ester groups is 1. The van der Waals surface area contributed by atoms with E-state index in [1.165, 1.54) is 39.7 Å². The van der Waals surface area contributed by atoms with Gasteiger partial charge in [0.1, 0.15) is 43.0 Å². The molecule has 7 N–H and O–H groups in total. The highest BCUT2D eigenvalue weighted by atomic mass is 31.2. The summed E-state index contributed by atoms with van der Waals surface area (Å²) in [6.07, 6.45) is -9.47. The number of nitrogen functional groups attached to an aromatic ring is 1. The molecule has 3 heterocycles. The number of aromatic nitrogens is 4. The maximum Gasteiger partial charge on any atom is 0.490 e. The minimum Gasteiger partial charge on any atom is -0.756 e. The van der Waals surface area contributed by atoms with Crippen molar-refractivity contribution in [1.82, 2.24) is 14.5 Å². The Labute approximate surface area is 225 Å². The molecule has 0 saturated carbocycles. The molecule has 4 rings (SSSR count). The molecule has 16 nitrogen and oxygen atoms in total. The summed E-state index contributed by atoms with van der Waals surface area (Å²) in [5, 5.41) is 27.9. The van der Waals surface area contributed by atoms with Crippen LogP contribution in [-0.4, -0.2) is 78.4 Å². The molecule has 1 fully saturated rings. The lowest BCUT2D eigenvalue weighted by Gasteiger charge is -2.19. The molecule has 0 amide bonds. The first-order chi connectivity index (χ1) is 19.0. The van der Waals surface area contributed by atoms with Crippen LogP contribution in [-0.2, 0) is 25.2 Å². The lowest BCUT2D eigenvalue weighted by Crippen LogP contribution is -2.46. The van der Waals surface area contributed by atoms with Crippen molar-refractivity contribution in [3.8, 4) is 5.75 Å². The van der Waals surface area contributed by atoms with Gasteiger partial charge in [0, 0.05) is 0 Å². The highest BCUT2D eigenvalue weighted by Gasteiger charge is 2.47. The molecule has 0 bridgehead atoms. The molecule has 1 aliphatic rings. The molecule has 226 valence electrons. The third-order valence-corrected chi connectivity index (χ3v) is 5.84. The average Bonchev–Trinajstić information content (AvgIpc) is 3.35. The normalized spacial score (nSPS) is 22.1. The van der Waals surface area contributed by atoms with E-state index in [2.05, 4.69) is 14.5 Å². The second kappa shape index (κ2) is 12.5.